The van der Waals surface area contributed by atoms with Crippen LogP contribution in [0, 0.1) is 0 Å². The van der Waals surface area contributed by atoms with Gasteiger partial charge in [0.2, 0.25) is 0 Å². The van der Waals surface area contributed by atoms with Gasteiger partial charge in [0.25, 0.3) is 0 Å². The van der Waals surface area contributed by atoms with E-state index in [1.54, 1.807) is 0 Å². The molecule has 0 amide bonds. The number of hydrogen-bond acceptors (Lipinski definition) is 4. The Kier molecular flexibility index (Phi) is 21.8. The van der Waals surface area contributed by atoms with E-state index in [9.17, 15) is 9.46 Å². The molecule has 0 aromatic heterocycles. The van der Waals surface area contributed by atoms with Crippen LogP contribution in [-0.2, 0) is 13.7 Å². The average Bonchev–Trinajstić information content (AvgIpc) is 2.67. The van der Waals surface area contributed by atoms with Crippen molar-refractivity contribution in [2.45, 2.75) is 129 Å². The summed E-state index contributed by atoms with van der Waals surface area (Å²) in [6.07, 6.45) is 22.2. The molecule has 1 atom stereocenters. The molecular weight excluding hydrogens is 373 g/mol. The molecule has 0 aliphatic rings. The van der Waals surface area contributed by atoms with Crippen molar-refractivity contribution in [2.75, 3.05) is 13.2 Å². The number of nitrogens with one attached hydrogen (secondary N) is 1. The molecule has 0 saturated heterocycles. The molecule has 5 nitrogen and oxygen atoms in total. The third-order valence-electron chi connectivity index (χ3n) is 5.06. The molecule has 6 heteroatoms. The molecule has 28 heavy (non-hydrogen) atoms. The summed E-state index contributed by atoms with van der Waals surface area (Å²) in [7, 11) is -3.95. The van der Waals surface area contributed by atoms with Gasteiger partial charge < -0.3 is 4.89 Å². The molecule has 0 rings (SSSR count). The maximum atomic E-state index is 11.7. The molecule has 0 aromatic carbocycles. The number of phosphoric acid groups is 1. The molecule has 1 unspecified atom stereocenters. The Bertz CT molecular complexity index is 355. The Morgan fingerprint density at radius 3 is 1.50 bits per heavy atom. The minimum absolute atomic E-state index is 0.282. The Balaban J connectivity index is 3.30. The largest absolute Gasteiger partial charge is 0.488 e. The van der Waals surface area contributed by atoms with Crippen molar-refractivity contribution in [3.8, 4) is 0 Å². The number of phosphoric ester groups is 1. The van der Waals surface area contributed by atoms with Crippen molar-refractivity contribution < 1.29 is 18.6 Å². The zero-order valence-corrected chi connectivity index (χ0v) is 19.7. The van der Waals surface area contributed by atoms with Gasteiger partial charge in [0, 0.05) is 6.54 Å². The molecule has 170 valence electrons. The minimum atomic E-state index is -3.95. The van der Waals surface area contributed by atoms with E-state index < -0.39 is 7.82 Å². The van der Waals surface area contributed by atoms with E-state index >= 15 is 0 Å². The zero-order chi connectivity index (χ0) is 20.8. The summed E-state index contributed by atoms with van der Waals surface area (Å²) in [6.45, 7) is 5.32. The summed E-state index contributed by atoms with van der Waals surface area (Å²) in [6, 6.07) is 0. The third-order valence-corrected chi connectivity index (χ3v) is 5.93. The van der Waals surface area contributed by atoms with Crippen LogP contribution in [0.25, 0.3) is 0 Å². The van der Waals surface area contributed by atoms with Crippen molar-refractivity contribution in [1.82, 2.24) is 5.48 Å². The van der Waals surface area contributed by atoms with E-state index in [1.807, 2.05) is 0 Å². The fraction of sp³-hybridized carbons (Fsp3) is 1.00. The lowest BCUT2D eigenvalue weighted by molar-refractivity contribution is 0.0947. The lowest BCUT2D eigenvalue weighted by atomic mass is 10.1. The summed E-state index contributed by atoms with van der Waals surface area (Å²) in [5.41, 5.74) is 2.58. The van der Waals surface area contributed by atoms with Crippen LogP contribution in [0.15, 0.2) is 0 Å². The van der Waals surface area contributed by atoms with Crippen molar-refractivity contribution in [2.24, 2.45) is 0 Å². The molecule has 0 aliphatic heterocycles. The molecule has 0 heterocycles. The Labute approximate surface area is 174 Å². The molecule has 0 spiro atoms. The third kappa shape index (κ3) is 22.4. The van der Waals surface area contributed by atoms with Crippen molar-refractivity contribution in [1.29, 1.82) is 0 Å². The van der Waals surface area contributed by atoms with E-state index in [2.05, 4.69) is 19.3 Å². The first-order valence-corrected chi connectivity index (χ1v) is 13.5. The van der Waals surface area contributed by atoms with Crippen LogP contribution in [0.2, 0.25) is 0 Å². The van der Waals surface area contributed by atoms with Crippen molar-refractivity contribution in [3.05, 3.63) is 0 Å². The quantitative estimate of drug-likeness (QED) is 0.101. The standard InChI is InChI=1S/C22H48NO4P/c1-3-5-7-9-11-12-13-14-15-16-18-20-22-26-28(24,25)27-23-21-19-17-10-8-6-4-2/h23H,3-22H2,1-2H3,(H,24,25). The van der Waals surface area contributed by atoms with Crippen LogP contribution in [0.1, 0.15) is 129 Å². The van der Waals surface area contributed by atoms with Gasteiger partial charge in [0.1, 0.15) is 0 Å². The van der Waals surface area contributed by atoms with E-state index in [0.717, 1.165) is 25.7 Å². The van der Waals surface area contributed by atoms with Gasteiger partial charge in [-0.05, 0) is 12.8 Å². The fourth-order valence-corrected chi connectivity index (χ4v) is 3.92. The van der Waals surface area contributed by atoms with E-state index in [1.165, 1.54) is 89.9 Å². The number of rotatable bonds is 23. The fourth-order valence-electron chi connectivity index (χ4n) is 3.25. The van der Waals surface area contributed by atoms with Crippen LogP contribution in [0.3, 0.4) is 0 Å². The van der Waals surface area contributed by atoms with Gasteiger partial charge in [-0.15, -0.1) is 0 Å². The summed E-state index contributed by atoms with van der Waals surface area (Å²) in [5.74, 6) is 0. The lowest BCUT2D eigenvalue weighted by Crippen LogP contribution is -2.15. The van der Waals surface area contributed by atoms with Gasteiger partial charge in [-0.2, -0.15) is 10.1 Å². The van der Waals surface area contributed by atoms with E-state index in [-0.39, 0.29) is 6.61 Å². The molecule has 2 N–H and O–H groups in total. The predicted octanol–water partition coefficient (Wildman–Crippen LogP) is 7.69. The van der Waals surface area contributed by atoms with Crippen LogP contribution in [0.5, 0.6) is 0 Å². The monoisotopic (exact) mass is 421 g/mol. The highest BCUT2D eigenvalue weighted by molar-refractivity contribution is 7.47. The number of hydroxylamine groups is 1. The normalized spacial score (nSPS) is 13.7. The predicted molar refractivity (Wildman–Crippen MR) is 119 cm³/mol. The summed E-state index contributed by atoms with van der Waals surface area (Å²) in [5, 5.41) is 0. The highest BCUT2D eigenvalue weighted by Gasteiger charge is 2.20. The molecule has 0 aromatic rings. The van der Waals surface area contributed by atoms with Crippen LogP contribution >= 0.6 is 7.82 Å². The molecule has 0 saturated carbocycles. The van der Waals surface area contributed by atoms with Gasteiger partial charge in [-0.25, -0.2) is 4.57 Å². The summed E-state index contributed by atoms with van der Waals surface area (Å²) < 4.78 is 21.5. The van der Waals surface area contributed by atoms with Gasteiger partial charge in [-0.1, -0.05) is 117 Å². The lowest BCUT2D eigenvalue weighted by Gasteiger charge is -2.12. The topological polar surface area (TPSA) is 67.8 Å². The van der Waals surface area contributed by atoms with Gasteiger partial charge >= 0.3 is 7.82 Å². The van der Waals surface area contributed by atoms with Crippen molar-refractivity contribution >= 4 is 7.82 Å². The average molecular weight is 422 g/mol. The highest BCUT2D eigenvalue weighted by atomic mass is 31.2. The molecular formula is C22H48NO4P. The Morgan fingerprint density at radius 2 is 1.04 bits per heavy atom. The first-order valence-electron chi connectivity index (χ1n) is 12.0. The second kappa shape index (κ2) is 21.8. The highest BCUT2D eigenvalue weighted by Crippen LogP contribution is 2.42. The maximum absolute atomic E-state index is 11.7. The Morgan fingerprint density at radius 1 is 0.643 bits per heavy atom. The smallest absolute Gasteiger partial charge is 0.301 e. The van der Waals surface area contributed by atoms with E-state index in [4.69, 9.17) is 9.15 Å². The van der Waals surface area contributed by atoms with Crippen LogP contribution < -0.4 is 5.48 Å². The van der Waals surface area contributed by atoms with Crippen molar-refractivity contribution in [3.63, 3.8) is 0 Å². The second-order valence-corrected chi connectivity index (χ2v) is 9.32. The van der Waals surface area contributed by atoms with Gasteiger partial charge in [0.05, 0.1) is 6.61 Å². The molecule has 0 radical (unpaired) electrons. The van der Waals surface area contributed by atoms with Gasteiger partial charge in [-0.3, -0.25) is 4.52 Å². The number of hydrogen-bond donors (Lipinski definition) is 2. The maximum Gasteiger partial charge on any atom is 0.488 e. The van der Waals surface area contributed by atoms with Crippen LogP contribution in [0.4, 0.5) is 0 Å². The molecule has 0 fully saturated rings. The minimum Gasteiger partial charge on any atom is -0.301 e. The Hall–Kier alpha value is 0.0700. The summed E-state index contributed by atoms with van der Waals surface area (Å²) >= 11 is 0. The van der Waals surface area contributed by atoms with Gasteiger partial charge in [0.15, 0.2) is 0 Å². The molecule has 0 aliphatic carbocycles. The van der Waals surface area contributed by atoms with E-state index in [0.29, 0.717) is 6.54 Å². The molecule has 0 bridgehead atoms. The zero-order valence-electron chi connectivity index (χ0n) is 18.8. The SMILES string of the molecule is CCCCCCCCCCCCCCOP(=O)(O)ONCCCCCCCC. The number of unbranched alkanes of at least 4 members (excludes halogenated alkanes) is 16. The second-order valence-electron chi connectivity index (χ2n) is 7.94. The van der Waals surface area contributed by atoms with Crippen LogP contribution in [-0.4, -0.2) is 18.0 Å². The first kappa shape index (κ1) is 28.1. The summed E-state index contributed by atoms with van der Waals surface area (Å²) in [4.78, 5) is 9.61. The first-order chi connectivity index (χ1) is 13.6.